The van der Waals surface area contributed by atoms with Crippen molar-refractivity contribution in [1.82, 2.24) is 15.3 Å². The van der Waals surface area contributed by atoms with E-state index in [4.69, 9.17) is 12.2 Å². The van der Waals surface area contributed by atoms with Crippen molar-refractivity contribution in [3.8, 4) is 0 Å². The van der Waals surface area contributed by atoms with Gasteiger partial charge >= 0.3 is 5.97 Å². The van der Waals surface area contributed by atoms with Crippen molar-refractivity contribution < 1.29 is 16.1 Å². The van der Waals surface area contributed by atoms with Crippen molar-refractivity contribution >= 4 is 11.9 Å². The predicted molar refractivity (Wildman–Crippen MR) is 60.1 cm³/mol. The number of rotatable bonds is 6. The van der Waals surface area contributed by atoms with E-state index in [2.05, 4.69) is 15.3 Å². The molecule has 5 N–H and O–H groups in total. The van der Waals surface area contributed by atoms with Crippen LogP contribution in [-0.4, -0.2) is 39.0 Å². The van der Waals surface area contributed by atoms with Crippen molar-refractivity contribution in [1.29, 1.82) is 0 Å². The van der Waals surface area contributed by atoms with Crippen LogP contribution < -0.4 is 11.1 Å². The molecule has 1 amide bonds. The molecule has 1 rings (SSSR count). The van der Waals surface area contributed by atoms with Gasteiger partial charge in [0.15, 0.2) is 0 Å². The van der Waals surface area contributed by atoms with E-state index in [9.17, 15) is 9.59 Å². The molecular weight excluding hydrogens is 224 g/mol. The summed E-state index contributed by atoms with van der Waals surface area (Å²) in [7, 11) is 0. The summed E-state index contributed by atoms with van der Waals surface area (Å²) in [6.07, 6.45) is 3.00. The van der Waals surface area contributed by atoms with Crippen LogP contribution in [-0.2, 0) is 16.0 Å². The van der Waals surface area contributed by atoms with Gasteiger partial charge in [0, 0.05) is 32.1 Å². The molecule has 17 heavy (non-hydrogen) atoms. The van der Waals surface area contributed by atoms with Crippen LogP contribution in [0.5, 0.6) is 0 Å². The first-order valence-corrected chi connectivity index (χ1v) is 5.07. The lowest BCUT2D eigenvalue weighted by molar-refractivity contribution is -0.141. The molecule has 1 heterocycles. The number of imidazole rings is 1. The first-order chi connectivity index (χ1) is 8.52. The normalized spacial score (nSPS) is 14.8. The van der Waals surface area contributed by atoms with E-state index in [1.807, 2.05) is 0 Å². The molecule has 1 aromatic heterocycles. The lowest BCUT2D eigenvalue weighted by atomic mass is 10.1. The summed E-state index contributed by atoms with van der Waals surface area (Å²) < 4.78 is 6.99. The van der Waals surface area contributed by atoms with Crippen LogP contribution >= 0.6 is 0 Å². The van der Waals surface area contributed by atoms with Crippen molar-refractivity contribution in [2.45, 2.75) is 31.8 Å². The number of carboxylic acids is 1. The van der Waals surface area contributed by atoms with Crippen molar-refractivity contribution in [3.05, 3.63) is 18.2 Å². The van der Waals surface area contributed by atoms with Crippen molar-refractivity contribution in [2.75, 3.05) is 0 Å². The van der Waals surface area contributed by atoms with Gasteiger partial charge in [-0.15, -0.1) is 0 Å². The second-order valence-electron chi connectivity index (χ2n) is 3.70. The van der Waals surface area contributed by atoms with E-state index in [-0.39, 0.29) is 19.7 Å². The first-order valence-electron chi connectivity index (χ1n) is 5.78. The summed E-state index contributed by atoms with van der Waals surface area (Å²) in [5, 5.41) is 11.4. The maximum Gasteiger partial charge on any atom is 0.326 e. The fourth-order valence-corrected chi connectivity index (χ4v) is 1.31. The number of nitrogens with one attached hydrogen (secondary N) is 2. The summed E-state index contributed by atoms with van der Waals surface area (Å²) >= 11 is 0. The zero-order valence-electron chi connectivity index (χ0n) is 10.2. The highest BCUT2D eigenvalue weighted by atomic mass is 16.4. The highest BCUT2D eigenvalue weighted by Crippen LogP contribution is 1.99. The van der Waals surface area contributed by atoms with Gasteiger partial charge in [-0.05, 0) is 6.90 Å². The number of hydrogen-bond donors (Lipinski definition) is 4. The van der Waals surface area contributed by atoms with Gasteiger partial charge in [0.05, 0.1) is 6.33 Å². The second kappa shape index (κ2) is 6.00. The van der Waals surface area contributed by atoms with Crippen LogP contribution in [0, 0.1) is 0 Å². The monoisotopic (exact) mass is 241 g/mol. The Kier molecular flexibility index (Phi) is 4.09. The molecule has 0 aliphatic heterocycles. The lowest BCUT2D eigenvalue weighted by Crippen LogP contribution is -2.43. The third-order valence-electron chi connectivity index (χ3n) is 2.06. The number of aliphatic carboxylic acids is 1. The van der Waals surface area contributed by atoms with Crippen molar-refractivity contribution in [3.63, 3.8) is 0 Å². The molecule has 0 aliphatic rings. The molecule has 7 nitrogen and oxygen atoms in total. The Bertz CT molecular complexity index is 396. The number of nitrogens with zero attached hydrogens (tertiary/aromatic N) is 1. The Morgan fingerprint density at radius 1 is 1.76 bits per heavy atom. The molecule has 0 saturated heterocycles. The van der Waals surface area contributed by atoms with Crippen LogP contribution in [0.3, 0.4) is 0 Å². The molecule has 0 aromatic carbocycles. The van der Waals surface area contributed by atoms with Gasteiger partial charge in [0.1, 0.15) is 6.04 Å². The minimum absolute atomic E-state index is 0.0593. The summed E-state index contributed by atoms with van der Waals surface area (Å²) in [6, 6.07) is -1.61. The van der Waals surface area contributed by atoms with E-state index in [0.29, 0.717) is 5.69 Å². The quantitative estimate of drug-likeness (QED) is 0.522. The molecule has 94 valence electrons. The Morgan fingerprint density at radius 3 is 3.06 bits per heavy atom. The molecule has 0 spiro atoms. The third kappa shape index (κ3) is 4.64. The van der Waals surface area contributed by atoms with Crippen LogP contribution in [0.25, 0.3) is 0 Å². The van der Waals surface area contributed by atoms with Gasteiger partial charge < -0.3 is 21.1 Å². The van der Waals surface area contributed by atoms with Gasteiger partial charge in [-0.2, -0.15) is 0 Å². The highest BCUT2D eigenvalue weighted by molar-refractivity contribution is 5.83. The lowest BCUT2D eigenvalue weighted by Gasteiger charge is -2.14. The average molecular weight is 241 g/mol. The Balaban J connectivity index is 2.53. The topological polar surface area (TPSA) is 121 Å². The van der Waals surface area contributed by atoms with E-state index < -0.39 is 24.0 Å². The van der Waals surface area contributed by atoms with Crippen molar-refractivity contribution in [2.24, 2.45) is 5.73 Å². The maximum absolute atomic E-state index is 11.5. The summed E-state index contributed by atoms with van der Waals surface area (Å²) in [4.78, 5) is 29.0. The molecule has 0 saturated carbocycles. The molecular formula is C10H16N4O3. The van der Waals surface area contributed by atoms with Gasteiger partial charge in [0.2, 0.25) is 5.91 Å². The standard InChI is InChI=1S/C10H16N4O3/c1-6(11)2-9(15)14-8(10(16)17)3-7-4-12-5-13-7/h4-6,8H,2-3,11H2,1H3,(H,12,13)(H,14,15)(H,16,17)/t6-,8-/m0/s1/i1D. The Morgan fingerprint density at radius 2 is 2.53 bits per heavy atom. The zero-order valence-corrected chi connectivity index (χ0v) is 9.22. The number of aromatic amines is 1. The van der Waals surface area contributed by atoms with Gasteiger partial charge in [-0.3, -0.25) is 4.79 Å². The summed E-state index contributed by atoms with van der Waals surface area (Å²) in [5.41, 5.74) is 6.07. The first kappa shape index (κ1) is 11.6. The maximum atomic E-state index is 11.5. The molecule has 0 bridgehead atoms. The SMILES string of the molecule is [2H]C[C@H](N)CC(=O)N[C@@H](Cc1cnc[nH]1)C(=O)O. The highest BCUT2D eigenvalue weighted by Gasteiger charge is 2.21. The van der Waals surface area contributed by atoms with Crippen LogP contribution in [0.1, 0.15) is 20.4 Å². The van der Waals surface area contributed by atoms with Gasteiger partial charge in [0.25, 0.3) is 0 Å². The number of carboxylic acid groups (broad SMARTS) is 1. The molecule has 0 aliphatic carbocycles. The third-order valence-corrected chi connectivity index (χ3v) is 2.06. The average Bonchev–Trinajstić information content (AvgIpc) is 2.80. The van der Waals surface area contributed by atoms with Gasteiger partial charge in [-0.25, -0.2) is 9.78 Å². The van der Waals surface area contributed by atoms with Gasteiger partial charge in [-0.1, -0.05) is 0 Å². The fraction of sp³-hybridized carbons (Fsp3) is 0.500. The fourth-order valence-electron chi connectivity index (χ4n) is 1.31. The Labute approximate surface area is 99.8 Å². The van der Waals surface area contributed by atoms with Crippen LogP contribution in [0.4, 0.5) is 0 Å². The number of aromatic nitrogens is 2. The van der Waals surface area contributed by atoms with E-state index in [0.717, 1.165) is 0 Å². The summed E-state index contributed by atoms with van der Waals surface area (Å²) in [5.74, 6) is -1.60. The number of H-pyrrole nitrogens is 1. The smallest absolute Gasteiger partial charge is 0.326 e. The van der Waals surface area contributed by atoms with Crippen LogP contribution in [0.2, 0.25) is 0 Å². The van der Waals surface area contributed by atoms with Crippen LogP contribution in [0.15, 0.2) is 12.5 Å². The summed E-state index contributed by atoms with van der Waals surface area (Å²) in [6.45, 7) is -0.0777. The minimum atomic E-state index is -1.13. The molecule has 0 fully saturated rings. The largest absolute Gasteiger partial charge is 0.480 e. The second-order valence-corrected chi connectivity index (χ2v) is 3.70. The van der Waals surface area contributed by atoms with E-state index in [1.54, 1.807) is 0 Å². The number of carbonyl (C=O) groups is 2. The molecule has 2 atom stereocenters. The Hall–Kier alpha value is -1.89. The predicted octanol–water partition coefficient (Wildman–Crippen LogP) is -0.741. The minimum Gasteiger partial charge on any atom is -0.480 e. The number of carbonyl (C=O) groups excluding carboxylic acids is 1. The molecule has 1 aromatic rings. The molecule has 0 unspecified atom stereocenters. The zero-order chi connectivity index (χ0) is 13.5. The number of nitrogens with two attached hydrogens (primary N) is 1. The number of hydrogen-bond acceptors (Lipinski definition) is 4. The van der Waals surface area contributed by atoms with E-state index >= 15 is 0 Å². The molecule has 0 radical (unpaired) electrons. The molecule has 7 heteroatoms. The number of amides is 1. The van der Waals surface area contributed by atoms with E-state index in [1.165, 1.54) is 12.5 Å².